The zero-order valence-electron chi connectivity index (χ0n) is 11.9. The lowest BCUT2D eigenvalue weighted by molar-refractivity contribution is -0.139. The van der Waals surface area contributed by atoms with Crippen molar-refractivity contribution >= 4 is 23.6 Å². The molecular weight excluding hydrogens is 284 g/mol. The monoisotopic (exact) mass is 300 g/mol. The Labute approximate surface area is 130 Å². The summed E-state index contributed by atoms with van der Waals surface area (Å²) in [5, 5.41) is 0.686. The van der Waals surface area contributed by atoms with Crippen LogP contribution in [0.2, 0.25) is 5.02 Å². The summed E-state index contributed by atoms with van der Waals surface area (Å²) in [6, 6.07) is 17.7. The van der Waals surface area contributed by atoms with E-state index in [0.29, 0.717) is 5.02 Å². The highest BCUT2D eigenvalue weighted by Crippen LogP contribution is 2.20. The van der Waals surface area contributed by atoms with Gasteiger partial charge in [-0.15, -0.1) is 0 Å². The van der Waals surface area contributed by atoms with Crippen molar-refractivity contribution < 1.29 is 9.53 Å². The number of esters is 1. The van der Waals surface area contributed by atoms with Crippen LogP contribution in [0.3, 0.4) is 0 Å². The summed E-state index contributed by atoms with van der Waals surface area (Å²) in [5.74, 6) is -0.284. The average Bonchev–Trinajstić information content (AvgIpc) is 2.48. The van der Waals surface area contributed by atoms with Gasteiger partial charge in [0, 0.05) is 11.9 Å². The van der Waals surface area contributed by atoms with Crippen molar-refractivity contribution in [2.45, 2.75) is 13.3 Å². The van der Waals surface area contributed by atoms with Crippen molar-refractivity contribution in [1.82, 2.24) is 0 Å². The Morgan fingerprint density at radius 2 is 1.76 bits per heavy atom. The third kappa shape index (κ3) is 5.09. The predicted octanol–water partition coefficient (Wildman–Crippen LogP) is 4.53. The molecule has 2 aromatic rings. The van der Waals surface area contributed by atoms with Crippen LogP contribution in [0.15, 0.2) is 60.2 Å². The maximum atomic E-state index is 11.0. The molecule has 108 valence electrons. The van der Waals surface area contributed by atoms with Crippen LogP contribution in [-0.2, 0) is 16.0 Å². The van der Waals surface area contributed by atoms with Crippen LogP contribution in [0.4, 0.5) is 0 Å². The first-order chi connectivity index (χ1) is 10.1. The Kier molecular flexibility index (Phi) is 5.59. The molecule has 0 aromatic heterocycles. The minimum absolute atomic E-state index is 0.273. The van der Waals surface area contributed by atoms with Gasteiger partial charge >= 0.3 is 5.97 Å². The van der Waals surface area contributed by atoms with Gasteiger partial charge in [-0.3, -0.25) is 4.79 Å². The number of benzene rings is 2. The molecule has 0 fully saturated rings. The highest BCUT2D eigenvalue weighted by atomic mass is 35.5. The van der Waals surface area contributed by atoms with Gasteiger partial charge in [0.15, 0.2) is 0 Å². The molecule has 0 saturated heterocycles. The Morgan fingerprint density at radius 1 is 1.10 bits per heavy atom. The maximum Gasteiger partial charge on any atom is 0.302 e. The predicted molar refractivity (Wildman–Crippen MR) is 86.2 cm³/mol. The summed E-state index contributed by atoms with van der Waals surface area (Å²) in [5.41, 5.74) is 3.10. The number of ether oxygens (including phenoxy) is 1. The lowest BCUT2D eigenvalue weighted by Gasteiger charge is -2.09. The molecule has 21 heavy (non-hydrogen) atoms. The van der Waals surface area contributed by atoms with Gasteiger partial charge < -0.3 is 4.74 Å². The fraction of sp³-hybridized carbons (Fsp3) is 0.167. The second-order valence-electron chi connectivity index (χ2n) is 4.77. The van der Waals surface area contributed by atoms with Crippen molar-refractivity contribution in [3.05, 3.63) is 76.3 Å². The molecule has 0 aliphatic heterocycles. The Bertz CT molecular complexity index is 633. The summed E-state index contributed by atoms with van der Waals surface area (Å²) in [6.45, 7) is 1.69. The second kappa shape index (κ2) is 7.65. The summed E-state index contributed by atoms with van der Waals surface area (Å²) in [4.78, 5) is 11.0. The maximum absolute atomic E-state index is 11.0. The van der Waals surface area contributed by atoms with Crippen molar-refractivity contribution in [3.8, 4) is 0 Å². The first-order valence-electron chi connectivity index (χ1n) is 6.76. The smallest absolute Gasteiger partial charge is 0.302 e. The molecule has 0 amide bonds. The first-order valence-corrected chi connectivity index (χ1v) is 7.14. The second-order valence-corrected chi connectivity index (χ2v) is 5.17. The van der Waals surface area contributed by atoms with Crippen LogP contribution in [0.1, 0.15) is 18.1 Å². The van der Waals surface area contributed by atoms with Crippen LogP contribution in [0.25, 0.3) is 6.08 Å². The van der Waals surface area contributed by atoms with E-state index in [1.807, 2.05) is 60.7 Å². The van der Waals surface area contributed by atoms with E-state index in [4.69, 9.17) is 16.3 Å². The van der Waals surface area contributed by atoms with E-state index in [2.05, 4.69) is 0 Å². The van der Waals surface area contributed by atoms with E-state index < -0.39 is 0 Å². The number of rotatable bonds is 5. The number of hydrogen-bond donors (Lipinski definition) is 0. The van der Waals surface area contributed by atoms with Crippen molar-refractivity contribution in [2.24, 2.45) is 0 Å². The lowest BCUT2D eigenvalue weighted by Crippen LogP contribution is -2.05. The molecule has 0 saturated carbocycles. The van der Waals surface area contributed by atoms with E-state index in [-0.39, 0.29) is 12.6 Å². The molecule has 0 aliphatic carbocycles. The van der Waals surface area contributed by atoms with E-state index in [9.17, 15) is 4.79 Å². The summed E-state index contributed by atoms with van der Waals surface area (Å²) < 4.78 is 5.14. The SMILES string of the molecule is CC(=O)OCC(=Cc1ccccc1Cl)Cc1ccccc1. The van der Waals surface area contributed by atoms with Gasteiger partial charge in [0.05, 0.1) is 0 Å². The summed E-state index contributed by atoms with van der Waals surface area (Å²) in [7, 11) is 0. The highest BCUT2D eigenvalue weighted by Gasteiger charge is 2.05. The molecule has 2 aromatic carbocycles. The van der Waals surface area contributed by atoms with E-state index in [1.54, 1.807) is 0 Å². The third-order valence-corrected chi connectivity index (χ3v) is 3.34. The van der Waals surface area contributed by atoms with Crippen LogP contribution in [0, 0.1) is 0 Å². The molecule has 2 rings (SSSR count). The van der Waals surface area contributed by atoms with Gasteiger partial charge in [0.25, 0.3) is 0 Å². The number of carbonyl (C=O) groups excluding carboxylic acids is 1. The molecule has 0 aliphatic rings. The number of hydrogen-bond acceptors (Lipinski definition) is 2. The van der Waals surface area contributed by atoms with E-state index in [0.717, 1.165) is 17.6 Å². The van der Waals surface area contributed by atoms with Crippen LogP contribution < -0.4 is 0 Å². The van der Waals surface area contributed by atoms with Crippen LogP contribution >= 0.6 is 11.6 Å². The first kappa shape index (κ1) is 15.3. The van der Waals surface area contributed by atoms with E-state index in [1.165, 1.54) is 12.5 Å². The van der Waals surface area contributed by atoms with Gasteiger partial charge in [0.1, 0.15) is 6.61 Å². The Morgan fingerprint density at radius 3 is 2.43 bits per heavy atom. The molecule has 0 atom stereocenters. The van der Waals surface area contributed by atoms with Gasteiger partial charge in [0.2, 0.25) is 0 Å². The Hall–Kier alpha value is -2.06. The fourth-order valence-corrected chi connectivity index (χ4v) is 2.20. The molecule has 0 bridgehead atoms. The normalized spacial score (nSPS) is 11.2. The van der Waals surface area contributed by atoms with Gasteiger partial charge in [-0.2, -0.15) is 0 Å². The summed E-state index contributed by atoms with van der Waals surface area (Å²) >= 11 is 6.18. The van der Waals surface area contributed by atoms with Gasteiger partial charge in [-0.25, -0.2) is 0 Å². The van der Waals surface area contributed by atoms with Crippen molar-refractivity contribution in [2.75, 3.05) is 6.61 Å². The minimum atomic E-state index is -0.284. The zero-order chi connectivity index (χ0) is 15.1. The Balaban J connectivity index is 2.23. The molecule has 0 spiro atoms. The number of carbonyl (C=O) groups is 1. The average molecular weight is 301 g/mol. The molecule has 3 heteroatoms. The zero-order valence-corrected chi connectivity index (χ0v) is 12.6. The number of halogens is 1. The largest absolute Gasteiger partial charge is 0.461 e. The summed E-state index contributed by atoms with van der Waals surface area (Å²) in [6.07, 6.45) is 2.71. The molecule has 0 radical (unpaired) electrons. The van der Waals surface area contributed by atoms with Gasteiger partial charge in [-0.1, -0.05) is 66.2 Å². The fourth-order valence-electron chi connectivity index (χ4n) is 2.01. The van der Waals surface area contributed by atoms with Crippen LogP contribution in [-0.4, -0.2) is 12.6 Å². The topological polar surface area (TPSA) is 26.3 Å². The molecule has 0 unspecified atom stereocenters. The molecule has 2 nitrogen and oxygen atoms in total. The third-order valence-electron chi connectivity index (χ3n) is 3.00. The van der Waals surface area contributed by atoms with E-state index >= 15 is 0 Å². The molecule has 0 N–H and O–H groups in total. The molecule has 0 heterocycles. The minimum Gasteiger partial charge on any atom is -0.461 e. The van der Waals surface area contributed by atoms with Crippen LogP contribution in [0.5, 0.6) is 0 Å². The van der Waals surface area contributed by atoms with Crippen molar-refractivity contribution in [1.29, 1.82) is 0 Å². The quantitative estimate of drug-likeness (QED) is 0.758. The highest BCUT2D eigenvalue weighted by molar-refractivity contribution is 6.32. The lowest BCUT2D eigenvalue weighted by atomic mass is 10.0. The van der Waals surface area contributed by atoms with Crippen molar-refractivity contribution in [3.63, 3.8) is 0 Å². The van der Waals surface area contributed by atoms with Gasteiger partial charge in [-0.05, 0) is 29.2 Å². The standard InChI is InChI=1S/C18H17ClO2/c1-14(20)21-13-16(11-15-7-3-2-4-8-15)12-17-9-5-6-10-18(17)19/h2-10,12H,11,13H2,1H3. The molecular formula is C18H17ClO2.